The van der Waals surface area contributed by atoms with Crippen molar-refractivity contribution in [3.8, 4) is 5.75 Å². The summed E-state index contributed by atoms with van der Waals surface area (Å²) in [5.41, 5.74) is 1.32. The van der Waals surface area contributed by atoms with Crippen LogP contribution in [-0.4, -0.2) is 24.1 Å². The molecule has 0 heterocycles. The molecule has 0 bridgehead atoms. The van der Waals surface area contributed by atoms with Gasteiger partial charge in [0.15, 0.2) is 11.9 Å². The third-order valence-corrected chi connectivity index (χ3v) is 4.08. The van der Waals surface area contributed by atoms with E-state index in [1.54, 1.807) is 43.0 Å². The first-order chi connectivity index (χ1) is 11.0. The van der Waals surface area contributed by atoms with Crippen LogP contribution in [0.2, 0.25) is 0 Å². The fourth-order valence-corrected chi connectivity index (χ4v) is 2.58. The Morgan fingerprint density at radius 1 is 1.13 bits per heavy atom. The van der Waals surface area contributed by atoms with Crippen LogP contribution >= 0.6 is 11.8 Å². The summed E-state index contributed by atoms with van der Waals surface area (Å²) in [6, 6.07) is 14.4. The maximum atomic E-state index is 12.3. The Labute approximate surface area is 140 Å². The number of hydrogen-bond acceptors (Lipinski definition) is 4. The summed E-state index contributed by atoms with van der Waals surface area (Å²) in [7, 11) is 0. The number of hydrogen-bond donors (Lipinski definition) is 1. The first-order valence-electron chi connectivity index (χ1n) is 7.23. The van der Waals surface area contributed by atoms with Crippen molar-refractivity contribution in [2.45, 2.75) is 24.8 Å². The first-order valence-corrected chi connectivity index (χ1v) is 8.45. The number of thioether (sulfide) groups is 1. The molecule has 4 nitrogen and oxygen atoms in total. The van der Waals surface area contributed by atoms with E-state index in [9.17, 15) is 9.59 Å². The molecule has 2 aromatic rings. The van der Waals surface area contributed by atoms with Crippen LogP contribution in [0.25, 0.3) is 0 Å². The van der Waals surface area contributed by atoms with E-state index in [1.165, 1.54) is 6.92 Å². The highest BCUT2D eigenvalue weighted by Crippen LogP contribution is 2.25. The highest BCUT2D eigenvalue weighted by atomic mass is 32.2. The second kappa shape index (κ2) is 7.83. The number of benzene rings is 2. The van der Waals surface area contributed by atoms with Crippen molar-refractivity contribution in [3.05, 3.63) is 54.1 Å². The molecule has 0 spiro atoms. The van der Waals surface area contributed by atoms with Gasteiger partial charge in [-0.2, -0.15) is 0 Å². The molecular formula is C18H19NO3S. The van der Waals surface area contributed by atoms with Crippen LogP contribution in [0.5, 0.6) is 5.75 Å². The van der Waals surface area contributed by atoms with Crippen LogP contribution < -0.4 is 10.1 Å². The largest absolute Gasteiger partial charge is 0.481 e. The molecule has 5 heteroatoms. The summed E-state index contributed by atoms with van der Waals surface area (Å²) >= 11 is 1.57. The lowest BCUT2D eigenvalue weighted by molar-refractivity contribution is -0.122. The van der Waals surface area contributed by atoms with E-state index in [1.807, 2.05) is 30.5 Å². The van der Waals surface area contributed by atoms with Gasteiger partial charge in [-0.1, -0.05) is 24.3 Å². The number of ether oxygens (including phenoxy) is 1. The summed E-state index contributed by atoms with van der Waals surface area (Å²) in [5.74, 6) is 0.222. The van der Waals surface area contributed by atoms with Gasteiger partial charge in [-0.3, -0.25) is 9.59 Å². The van der Waals surface area contributed by atoms with Gasteiger partial charge in [-0.05, 0) is 44.4 Å². The molecule has 1 N–H and O–H groups in total. The van der Waals surface area contributed by atoms with Gasteiger partial charge in [0, 0.05) is 10.5 Å². The lowest BCUT2D eigenvalue weighted by Gasteiger charge is -2.16. The Kier molecular flexibility index (Phi) is 5.82. The Balaban J connectivity index is 2.05. The molecule has 0 aliphatic rings. The number of Topliss-reactive ketones (excluding diaryl/α,β-unsaturated/α-hetero) is 1. The predicted octanol–water partition coefficient (Wildman–Crippen LogP) is 4.02. The number of rotatable bonds is 6. The van der Waals surface area contributed by atoms with Crippen molar-refractivity contribution in [1.82, 2.24) is 0 Å². The molecule has 1 unspecified atom stereocenters. The minimum Gasteiger partial charge on any atom is -0.481 e. The van der Waals surface area contributed by atoms with Gasteiger partial charge in [0.05, 0.1) is 5.69 Å². The Morgan fingerprint density at radius 3 is 2.57 bits per heavy atom. The molecule has 1 amide bonds. The van der Waals surface area contributed by atoms with E-state index in [0.717, 1.165) is 10.6 Å². The maximum absolute atomic E-state index is 12.3. The van der Waals surface area contributed by atoms with E-state index >= 15 is 0 Å². The van der Waals surface area contributed by atoms with Gasteiger partial charge in [-0.15, -0.1) is 11.8 Å². The minimum atomic E-state index is -0.674. The number of carbonyl (C=O) groups excluding carboxylic acids is 2. The fourth-order valence-electron chi connectivity index (χ4n) is 2.03. The molecule has 0 aliphatic heterocycles. The topological polar surface area (TPSA) is 55.4 Å². The number of nitrogens with one attached hydrogen (secondary N) is 1. The third-order valence-electron chi connectivity index (χ3n) is 3.29. The lowest BCUT2D eigenvalue weighted by Crippen LogP contribution is -2.30. The van der Waals surface area contributed by atoms with Gasteiger partial charge in [0.1, 0.15) is 5.75 Å². The molecule has 0 saturated carbocycles. The van der Waals surface area contributed by atoms with Crippen molar-refractivity contribution < 1.29 is 14.3 Å². The molecule has 0 saturated heterocycles. The highest BCUT2D eigenvalue weighted by Gasteiger charge is 2.16. The maximum Gasteiger partial charge on any atom is 0.265 e. The summed E-state index contributed by atoms with van der Waals surface area (Å²) in [5, 5.41) is 2.87. The zero-order valence-electron chi connectivity index (χ0n) is 13.3. The smallest absolute Gasteiger partial charge is 0.265 e. The van der Waals surface area contributed by atoms with Gasteiger partial charge in [-0.25, -0.2) is 0 Å². The zero-order chi connectivity index (χ0) is 16.8. The summed E-state index contributed by atoms with van der Waals surface area (Å²) in [6.07, 6.45) is 1.28. The van der Waals surface area contributed by atoms with E-state index < -0.39 is 6.10 Å². The van der Waals surface area contributed by atoms with Crippen LogP contribution in [0.1, 0.15) is 24.2 Å². The first kappa shape index (κ1) is 17.1. The Hall–Kier alpha value is -2.27. The van der Waals surface area contributed by atoms with Crippen molar-refractivity contribution in [3.63, 3.8) is 0 Å². The molecule has 1 atom stereocenters. The van der Waals surface area contributed by atoms with Crippen LogP contribution in [0, 0.1) is 0 Å². The summed E-state index contributed by atoms with van der Waals surface area (Å²) < 4.78 is 5.64. The summed E-state index contributed by atoms with van der Waals surface area (Å²) in [6.45, 7) is 3.17. The molecule has 23 heavy (non-hydrogen) atoms. The second-order valence-electron chi connectivity index (χ2n) is 5.03. The average molecular weight is 329 g/mol. The Bertz CT molecular complexity index is 715. The Morgan fingerprint density at radius 2 is 1.87 bits per heavy atom. The quantitative estimate of drug-likeness (QED) is 0.642. The molecular weight excluding hydrogens is 310 g/mol. The number of amides is 1. The van der Waals surface area contributed by atoms with Crippen molar-refractivity contribution in [2.24, 2.45) is 0 Å². The normalized spacial score (nSPS) is 11.6. The number of carbonyl (C=O) groups is 2. The van der Waals surface area contributed by atoms with E-state index in [-0.39, 0.29) is 11.7 Å². The van der Waals surface area contributed by atoms with Crippen molar-refractivity contribution in [2.75, 3.05) is 11.6 Å². The van der Waals surface area contributed by atoms with E-state index in [2.05, 4.69) is 5.32 Å². The lowest BCUT2D eigenvalue weighted by atomic mass is 10.1. The van der Waals surface area contributed by atoms with Gasteiger partial charge >= 0.3 is 0 Å². The third kappa shape index (κ3) is 4.60. The summed E-state index contributed by atoms with van der Waals surface area (Å²) in [4.78, 5) is 24.7. The molecule has 0 aliphatic carbocycles. The van der Waals surface area contributed by atoms with Gasteiger partial charge in [0.25, 0.3) is 5.91 Å². The standard InChI is InChI=1S/C18H19NO3S/c1-12(20)14-7-6-8-15(11-14)22-13(2)18(21)19-16-9-4-5-10-17(16)23-3/h4-11,13H,1-3H3,(H,19,21). The average Bonchev–Trinajstić information content (AvgIpc) is 2.55. The van der Waals surface area contributed by atoms with Crippen molar-refractivity contribution in [1.29, 1.82) is 0 Å². The molecule has 2 aromatic carbocycles. The molecule has 2 rings (SSSR count). The molecule has 0 radical (unpaired) electrons. The zero-order valence-corrected chi connectivity index (χ0v) is 14.1. The second-order valence-corrected chi connectivity index (χ2v) is 5.88. The minimum absolute atomic E-state index is 0.0403. The van der Waals surface area contributed by atoms with Gasteiger partial charge < -0.3 is 10.1 Å². The molecule has 0 aromatic heterocycles. The molecule has 0 fully saturated rings. The highest BCUT2D eigenvalue weighted by molar-refractivity contribution is 7.98. The predicted molar refractivity (Wildman–Crippen MR) is 93.4 cm³/mol. The van der Waals surface area contributed by atoms with Crippen LogP contribution in [0.4, 0.5) is 5.69 Å². The number of para-hydroxylation sites is 1. The van der Waals surface area contributed by atoms with Crippen LogP contribution in [0.15, 0.2) is 53.4 Å². The van der Waals surface area contributed by atoms with Crippen molar-refractivity contribution >= 4 is 29.1 Å². The fraction of sp³-hybridized carbons (Fsp3) is 0.222. The monoisotopic (exact) mass is 329 g/mol. The molecule has 120 valence electrons. The van der Waals surface area contributed by atoms with Crippen LogP contribution in [-0.2, 0) is 4.79 Å². The van der Waals surface area contributed by atoms with Gasteiger partial charge in [0.2, 0.25) is 0 Å². The van der Waals surface area contributed by atoms with Crippen LogP contribution in [0.3, 0.4) is 0 Å². The van der Waals surface area contributed by atoms with E-state index in [0.29, 0.717) is 11.3 Å². The van der Waals surface area contributed by atoms with E-state index in [4.69, 9.17) is 4.74 Å². The number of ketones is 1. The number of anilines is 1. The SMILES string of the molecule is CSc1ccccc1NC(=O)C(C)Oc1cccc(C(C)=O)c1.